The van der Waals surface area contributed by atoms with Crippen molar-refractivity contribution in [2.45, 2.75) is 96.7 Å². The average molecular weight is 724 g/mol. The number of benzene rings is 4. The van der Waals surface area contributed by atoms with E-state index >= 15 is 0 Å². The summed E-state index contributed by atoms with van der Waals surface area (Å²) in [5.74, 6) is 0.571. The average Bonchev–Trinajstić information content (AvgIpc) is 3.10. The van der Waals surface area contributed by atoms with Crippen molar-refractivity contribution in [1.29, 1.82) is 0 Å². The molecule has 1 atom stereocenters. The molecule has 0 spiro atoms. The van der Waals surface area contributed by atoms with Gasteiger partial charge in [-0.3, -0.25) is 13.9 Å². The fourth-order valence-corrected chi connectivity index (χ4v) is 7.45. The van der Waals surface area contributed by atoms with E-state index in [1.165, 1.54) is 16.7 Å². The molecule has 52 heavy (non-hydrogen) atoms. The summed E-state index contributed by atoms with van der Waals surface area (Å²) in [6.07, 6.45) is 8.18. The predicted molar refractivity (Wildman–Crippen MR) is 210 cm³/mol. The van der Waals surface area contributed by atoms with E-state index in [1.54, 1.807) is 24.3 Å². The molecular weight excluding hydrogens is 671 g/mol. The SMILES string of the molecule is Cc1ccc(S(=O)(=O)OCCCCOc2cc(/C=C/c3cccc(-c4ccccc4)c3C)c(C)cc2CN2CCCC[C@H]2C(=O)OC(C)(C)C)cc1. The van der Waals surface area contributed by atoms with E-state index in [2.05, 4.69) is 85.5 Å². The van der Waals surface area contributed by atoms with Crippen molar-refractivity contribution in [3.8, 4) is 16.9 Å². The summed E-state index contributed by atoms with van der Waals surface area (Å²) < 4.78 is 42.8. The van der Waals surface area contributed by atoms with Gasteiger partial charge in [-0.05, 0) is 125 Å². The third-order valence-electron chi connectivity index (χ3n) is 9.36. The van der Waals surface area contributed by atoms with E-state index in [-0.39, 0.29) is 23.5 Å². The monoisotopic (exact) mass is 723 g/mol. The molecule has 0 amide bonds. The second-order valence-electron chi connectivity index (χ2n) is 14.7. The standard InChI is InChI=1S/C44H53NO6S/c1-32-20-24-39(25-21-32)52(47,48)50-28-13-12-27-49-42-30-37(23-22-35-17-14-18-40(34(35)3)36-15-8-7-9-16-36)33(2)29-38(42)31-45-26-11-10-19-41(45)43(46)51-44(4,5)6/h7-9,14-18,20-25,29-30,41H,10-13,19,26-28,31H2,1-6H3/b23-22+/t41-/m0/s1. The number of hydrogen-bond donors (Lipinski definition) is 0. The van der Waals surface area contributed by atoms with Crippen LogP contribution in [0.25, 0.3) is 23.3 Å². The Morgan fingerprint density at radius 1 is 0.846 bits per heavy atom. The molecule has 276 valence electrons. The Bertz CT molecular complexity index is 1950. The van der Waals surface area contributed by atoms with Crippen LogP contribution >= 0.6 is 0 Å². The Kier molecular flexibility index (Phi) is 13.1. The molecule has 1 aliphatic heterocycles. The van der Waals surface area contributed by atoms with Crippen LogP contribution in [0.1, 0.15) is 86.3 Å². The smallest absolute Gasteiger partial charge is 0.323 e. The predicted octanol–water partition coefficient (Wildman–Crippen LogP) is 9.71. The Morgan fingerprint density at radius 3 is 2.29 bits per heavy atom. The van der Waals surface area contributed by atoms with Crippen molar-refractivity contribution < 1.29 is 26.9 Å². The van der Waals surface area contributed by atoms with Crippen molar-refractivity contribution in [3.63, 3.8) is 0 Å². The van der Waals surface area contributed by atoms with Crippen LogP contribution in [0.2, 0.25) is 0 Å². The van der Waals surface area contributed by atoms with Gasteiger partial charge in [0.1, 0.15) is 17.4 Å². The minimum absolute atomic E-state index is 0.0705. The molecule has 1 fully saturated rings. The second-order valence-corrected chi connectivity index (χ2v) is 16.3. The van der Waals surface area contributed by atoms with Crippen molar-refractivity contribution in [3.05, 3.63) is 118 Å². The van der Waals surface area contributed by atoms with E-state index in [4.69, 9.17) is 13.7 Å². The minimum Gasteiger partial charge on any atom is -0.493 e. The molecular formula is C44H53NO6S. The molecule has 5 rings (SSSR count). The molecule has 0 radical (unpaired) electrons. The van der Waals surface area contributed by atoms with E-state index in [1.807, 2.05) is 33.8 Å². The number of esters is 1. The van der Waals surface area contributed by atoms with Crippen molar-refractivity contribution >= 4 is 28.2 Å². The lowest BCUT2D eigenvalue weighted by molar-refractivity contribution is -0.163. The van der Waals surface area contributed by atoms with Crippen LogP contribution in [0.15, 0.2) is 89.8 Å². The molecule has 0 bridgehead atoms. The summed E-state index contributed by atoms with van der Waals surface area (Å²) in [7, 11) is -3.82. The van der Waals surface area contributed by atoms with Crippen molar-refractivity contribution in [2.24, 2.45) is 0 Å². The second kappa shape index (κ2) is 17.5. The number of piperidine rings is 1. The van der Waals surface area contributed by atoms with Gasteiger partial charge in [-0.25, -0.2) is 0 Å². The van der Waals surface area contributed by atoms with Crippen LogP contribution in [0, 0.1) is 20.8 Å². The van der Waals surface area contributed by atoms with Crippen LogP contribution < -0.4 is 4.74 Å². The fourth-order valence-electron chi connectivity index (χ4n) is 6.51. The van der Waals surface area contributed by atoms with Gasteiger partial charge >= 0.3 is 5.97 Å². The molecule has 0 saturated carbocycles. The Morgan fingerprint density at radius 2 is 1.56 bits per heavy atom. The largest absolute Gasteiger partial charge is 0.493 e. The normalized spacial score (nSPS) is 15.5. The van der Waals surface area contributed by atoms with Crippen molar-refractivity contribution in [2.75, 3.05) is 19.8 Å². The lowest BCUT2D eigenvalue weighted by Crippen LogP contribution is -2.46. The van der Waals surface area contributed by atoms with E-state index < -0.39 is 15.7 Å². The van der Waals surface area contributed by atoms with Gasteiger partial charge in [0.15, 0.2) is 0 Å². The summed E-state index contributed by atoms with van der Waals surface area (Å²) in [4.78, 5) is 15.6. The van der Waals surface area contributed by atoms with E-state index in [0.29, 0.717) is 26.0 Å². The van der Waals surface area contributed by atoms with Gasteiger partial charge in [-0.2, -0.15) is 8.42 Å². The van der Waals surface area contributed by atoms with Gasteiger partial charge in [-0.1, -0.05) is 90.9 Å². The topological polar surface area (TPSA) is 82.1 Å². The van der Waals surface area contributed by atoms with Crippen LogP contribution in [0.4, 0.5) is 0 Å². The fraction of sp³-hybridized carbons (Fsp3) is 0.386. The Balaban J connectivity index is 1.34. The van der Waals surface area contributed by atoms with Gasteiger partial charge in [0, 0.05) is 12.1 Å². The molecule has 8 heteroatoms. The Labute approximate surface area is 310 Å². The highest BCUT2D eigenvalue weighted by molar-refractivity contribution is 7.86. The van der Waals surface area contributed by atoms with Crippen LogP contribution in [0.3, 0.4) is 0 Å². The summed E-state index contributed by atoms with van der Waals surface area (Å²) >= 11 is 0. The summed E-state index contributed by atoms with van der Waals surface area (Å²) in [5, 5.41) is 0. The quantitative estimate of drug-likeness (QED) is 0.0555. The summed E-state index contributed by atoms with van der Waals surface area (Å²) in [5.41, 5.74) is 8.32. The molecule has 0 aromatic heterocycles. The van der Waals surface area contributed by atoms with Gasteiger partial charge in [0.05, 0.1) is 18.1 Å². The third kappa shape index (κ3) is 10.7. The summed E-state index contributed by atoms with van der Waals surface area (Å²) in [6.45, 7) is 13.7. The zero-order valence-corrected chi connectivity index (χ0v) is 32.3. The maximum Gasteiger partial charge on any atom is 0.323 e. The number of likely N-dealkylation sites (tertiary alicyclic amines) is 1. The minimum atomic E-state index is -3.82. The van der Waals surface area contributed by atoms with Crippen LogP contribution in [-0.4, -0.2) is 50.7 Å². The molecule has 0 unspecified atom stereocenters. The number of ether oxygens (including phenoxy) is 2. The molecule has 4 aromatic rings. The first-order valence-electron chi connectivity index (χ1n) is 18.3. The number of carbonyl (C=O) groups excluding carboxylic acids is 1. The summed E-state index contributed by atoms with van der Waals surface area (Å²) in [6, 6.07) is 27.4. The molecule has 4 aromatic carbocycles. The van der Waals surface area contributed by atoms with Crippen LogP contribution in [-0.2, 0) is 30.4 Å². The van der Waals surface area contributed by atoms with Gasteiger partial charge in [0.25, 0.3) is 10.1 Å². The highest BCUT2D eigenvalue weighted by Crippen LogP contribution is 2.31. The molecule has 1 heterocycles. The van der Waals surface area contributed by atoms with Crippen LogP contribution in [0.5, 0.6) is 5.75 Å². The maximum atomic E-state index is 13.3. The van der Waals surface area contributed by atoms with Gasteiger partial charge < -0.3 is 9.47 Å². The highest BCUT2D eigenvalue weighted by Gasteiger charge is 2.33. The van der Waals surface area contributed by atoms with Gasteiger partial charge in [-0.15, -0.1) is 0 Å². The zero-order valence-electron chi connectivity index (χ0n) is 31.5. The molecule has 7 nitrogen and oxygen atoms in total. The first-order valence-corrected chi connectivity index (χ1v) is 19.7. The number of unbranched alkanes of at least 4 members (excludes halogenated alkanes) is 1. The molecule has 0 aliphatic carbocycles. The highest BCUT2D eigenvalue weighted by atomic mass is 32.2. The number of nitrogens with zero attached hydrogens (tertiary/aromatic N) is 1. The number of rotatable bonds is 14. The lowest BCUT2D eigenvalue weighted by Gasteiger charge is -2.36. The van der Waals surface area contributed by atoms with E-state index in [9.17, 15) is 13.2 Å². The zero-order chi connectivity index (χ0) is 37.3. The van der Waals surface area contributed by atoms with E-state index in [0.717, 1.165) is 59.4 Å². The number of carbonyl (C=O) groups is 1. The maximum absolute atomic E-state index is 13.3. The number of aryl methyl sites for hydroxylation is 2. The molecule has 1 saturated heterocycles. The first kappa shape index (κ1) is 39.0. The first-order chi connectivity index (χ1) is 24.8. The molecule has 0 N–H and O–H groups in total. The third-order valence-corrected chi connectivity index (χ3v) is 10.7. The Hall–Kier alpha value is -4.24. The van der Waals surface area contributed by atoms with Gasteiger partial charge in [0.2, 0.25) is 0 Å². The van der Waals surface area contributed by atoms with Crippen molar-refractivity contribution in [1.82, 2.24) is 4.90 Å². The lowest BCUT2D eigenvalue weighted by atomic mass is 9.95. The number of hydrogen-bond acceptors (Lipinski definition) is 7. The molecule has 1 aliphatic rings.